The average molecular weight is 336 g/mol. The van der Waals surface area contributed by atoms with Crippen molar-refractivity contribution in [3.8, 4) is 0 Å². The molecule has 0 aliphatic carbocycles. The standard InChI is InChI=1S/C20H20N2OS/c1-13-6-7-14-11-19(24-18(14)10-13)20(23)21-9-8-15-12-22-17-5-3-2-4-16(15)17/h2-7,10,12,19,22H,8-9,11H2,1H3,(H,21,23)/t19-/m1/s1. The molecule has 0 saturated carbocycles. The van der Waals surface area contributed by atoms with E-state index in [4.69, 9.17) is 0 Å². The average Bonchev–Trinajstić information content (AvgIpc) is 3.18. The summed E-state index contributed by atoms with van der Waals surface area (Å²) in [5, 5.41) is 4.35. The van der Waals surface area contributed by atoms with Crippen LogP contribution in [0.2, 0.25) is 0 Å². The fourth-order valence-electron chi connectivity index (χ4n) is 3.25. The smallest absolute Gasteiger partial charge is 0.233 e. The third-order valence-corrected chi connectivity index (χ3v) is 5.86. The number of hydrogen-bond donors (Lipinski definition) is 2. The van der Waals surface area contributed by atoms with Gasteiger partial charge in [-0.1, -0.05) is 35.9 Å². The number of thioether (sulfide) groups is 1. The molecule has 0 spiro atoms. The van der Waals surface area contributed by atoms with Crippen LogP contribution >= 0.6 is 11.8 Å². The molecule has 1 atom stereocenters. The van der Waals surface area contributed by atoms with Gasteiger partial charge in [-0.25, -0.2) is 0 Å². The molecule has 0 radical (unpaired) electrons. The van der Waals surface area contributed by atoms with Crippen LogP contribution in [0.25, 0.3) is 10.9 Å². The van der Waals surface area contributed by atoms with E-state index < -0.39 is 0 Å². The number of rotatable bonds is 4. The number of aromatic nitrogens is 1. The molecule has 1 amide bonds. The predicted molar refractivity (Wildman–Crippen MR) is 99.5 cm³/mol. The number of para-hydroxylation sites is 1. The highest BCUT2D eigenvalue weighted by Gasteiger charge is 2.27. The number of aryl methyl sites for hydroxylation is 1. The largest absolute Gasteiger partial charge is 0.361 e. The van der Waals surface area contributed by atoms with Gasteiger partial charge in [-0.2, -0.15) is 0 Å². The molecule has 1 aliphatic rings. The molecule has 1 aliphatic heterocycles. The van der Waals surface area contributed by atoms with Crippen molar-refractivity contribution in [2.75, 3.05) is 6.54 Å². The minimum Gasteiger partial charge on any atom is -0.361 e. The van der Waals surface area contributed by atoms with Crippen molar-refractivity contribution in [2.45, 2.75) is 29.9 Å². The Labute approximate surface area is 145 Å². The highest BCUT2D eigenvalue weighted by Crippen LogP contribution is 2.37. The lowest BCUT2D eigenvalue weighted by molar-refractivity contribution is -0.120. The molecule has 0 saturated heterocycles. The van der Waals surface area contributed by atoms with Crippen molar-refractivity contribution in [3.05, 3.63) is 65.4 Å². The van der Waals surface area contributed by atoms with Gasteiger partial charge in [0.05, 0.1) is 5.25 Å². The van der Waals surface area contributed by atoms with E-state index in [1.54, 1.807) is 11.8 Å². The van der Waals surface area contributed by atoms with E-state index in [2.05, 4.69) is 47.6 Å². The zero-order valence-corrected chi connectivity index (χ0v) is 14.5. The summed E-state index contributed by atoms with van der Waals surface area (Å²) in [7, 11) is 0. The first-order valence-corrected chi connectivity index (χ1v) is 9.17. The van der Waals surface area contributed by atoms with Crippen molar-refractivity contribution in [3.63, 3.8) is 0 Å². The van der Waals surface area contributed by atoms with E-state index in [-0.39, 0.29) is 11.2 Å². The molecular formula is C20H20N2OS. The lowest BCUT2D eigenvalue weighted by Gasteiger charge is -2.09. The van der Waals surface area contributed by atoms with Crippen molar-refractivity contribution in [2.24, 2.45) is 0 Å². The number of hydrogen-bond acceptors (Lipinski definition) is 2. The Morgan fingerprint density at radius 3 is 3.08 bits per heavy atom. The number of aromatic amines is 1. The van der Waals surface area contributed by atoms with Crippen LogP contribution in [-0.2, 0) is 17.6 Å². The van der Waals surface area contributed by atoms with E-state index in [1.165, 1.54) is 27.0 Å². The third kappa shape index (κ3) is 2.94. The Bertz CT molecular complexity index is 900. The summed E-state index contributed by atoms with van der Waals surface area (Å²) < 4.78 is 0. The van der Waals surface area contributed by atoms with Crippen LogP contribution in [0.15, 0.2) is 53.6 Å². The van der Waals surface area contributed by atoms with Crippen LogP contribution in [0.5, 0.6) is 0 Å². The molecule has 2 aromatic carbocycles. The monoisotopic (exact) mass is 336 g/mol. The zero-order chi connectivity index (χ0) is 16.5. The van der Waals surface area contributed by atoms with Gasteiger partial charge in [-0.05, 0) is 43.0 Å². The quantitative estimate of drug-likeness (QED) is 0.760. The van der Waals surface area contributed by atoms with Crippen molar-refractivity contribution >= 4 is 28.6 Å². The lowest BCUT2D eigenvalue weighted by Crippen LogP contribution is -2.33. The summed E-state index contributed by atoms with van der Waals surface area (Å²) in [5.74, 6) is 0.147. The maximum atomic E-state index is 12.5. The minimum atomic E-state index is 0.00442. The summed E-state index contributed by atoms with van der Waals surface area (Å²) in [6.07, 6.45) is 3.72. The predicted octanol–water partition coefficient (Wildman–Crippen LogP) is 3.85. The SMILES string of the molecule is Cc1ccc2c(c1)S[C@@H](C(=O)NCCc1c[nH]c3ccccc13)C2. The Kier molecular flexibility index (Phi) is 4.07. The summed E-state index contributed by atoms with van der Waals surface area (Å²) in [4.78, 5) is 17.0. The number of H-pyrrole nitrogens is 1. The molecule has 0 unspecified atom stereocenters. The fraction of sp³-hybridized carbons (Fsp3) is 0.250. The van der Waals surface area contributed by atoms with Gasteiger partial charge in [0.2, 0.25) is 5.91 Å². The maximum absolute atomic E-state index is 12.5. The van der Waals surface area contributed by atoms with Crippen molar-refractivity contribution < 1.29 is 4.79 Å². The molecule has 0 fully saturated rings. The molecule has 0 bridgehead atoms. The molecule has 4 heteroatoms. The second kappa shape index (κ2) is 6.36. The van der Waals surface area contributed by atoms with E-state index >= 15 is 0 Å². The number of amides is 1. The summed E-state index contributed by atoms with van der Waals surface area (Å²) in [6.45, 7) is 2.77. The van der Waals surface area contributed by atoms with Crippen LogP contribution in [0, 0.1) is 6.92 Å². The fourth-order valence-corrected chi connectivity index (χ4v) is 4.57. The van der Waals surface area contributed by atoms with Gasteiger partial charge >= 0.3 is 0 Å². The molecule has 2 heterocycles. The van der Waals surface area contributed by atoms with Crippen LogP contribution in [0.1, 0.15) is 16.7 Å². The Balaban J connectivity index is 1.34. The zero-order valence-electron chi connectivity index (χ0n) is 13.6. The number of fused-ring (bicyclic) bond motifs is 2. The molecule has 122 valence electrons. The lowest BCUT2D eigenvalue weighted by atomic mass is 10.1. The highest BCUT2D eigenvalue weighted by atomic mass is 32.2. The Morgan fingerprint density at radius 2 is 2.17 bits per heavy atom. The van der Waals surface area contributed by atoms with Crippen molar-refractivity contribution in [1.29, 1.82) is 0 Å². The van der Waals surface area contributed by atoms with Gasteiger partial charge in [-0.3, -0.25) is 4.79 Å². The van der Waals surface area contributed by atoms with Gasteiger partial charge < -0.3 is 10.3 Å². The van der Waals surface area contributed by atoms with Crippen LogP contribution in [0.4, 0.5) is 0 Å². The van der Waals surface area contributed by atoms with Gasteiger partial charge in [-0.15, -0.1) is 11.8 Å². The maximum Gasteiger partial charge on any atom is 0.233 e. The summed E-state index contributed by atoms with van der Waals surface area (Å²) >= 11 is 1.69. The molecule has 2 N–H and O–H groups in total. The molecule has 1 aromatic heterocycles. The van der Waals surface area contributed by atoms with E-state index in [1.807, 2.05) is 18.3 Å². The van der Waals surface area contributed by atoms with E-state index in [9.17, 15) is 4.79 Å². The van der Waals surface area contributed by atoms with Gasteiger partial charge in [0.1, 0.15) is 0 Å². The number of benzene rings is 2. The molecule has 24 heavy (non-hydrogen) atoms. The van der Waals surface area contributed by atoms with Crippen LogP contribution in [0.3, 0.4) is 0 Å². The molecule has 3 nitrogen and oxygen atoms in total. The number of carbonyl (C=O) groups excluding carboxylic acids is 1. The van der Waals surface area contributed by atoms with Crippen molar-refractivity contribution in [1.82, 2.24) is 10.3 Å². The first kappa shape index (κ1) is 15.3. The molecular weight excluding hydrogens is 316 g/mol. The number of nitrogens with one attached hydrogen (secondary N) is 2. The first-order chi connectivity index (χ1) is 11.7. The van der Waals surface area contributed by atoms with E-state index in [0.29, 0.717) is 6.54 Å². The summed E-state index contributed by atoms with van der Waals surface area (Å²) in [6, 6.07) is 14.7. The Hall–Kier alpha value is -2.20. The minimum absolute atomic E-state index is 0.00442. The van der Waals surface area contributed by atoms with Gasteiger partial charge in [0, 0.05) is 28.5 Å². The van der Waals surface area contributed by atoms with Crippen LogP contribution < -0.4 is 5.32 Å². The Morgan fingerprint density at radius 1 is 1.29 bits per heavy atom. The second-order valence-corrected chi connectivity index (χ2v) is 7.57. The normalized spacial score (nSPS) is 16.3. The highest BCUT2D eigenvalue weighted by molar-refractivity contribution is 8.01. The molecule has 3 aromatic rings. The van der Waals surface area contributed by atoms with Crippen LogP contribution in [-0.4, -0.2) is 22.7 Å². The van der Waals surface area contributed by atoms with Gasteiger partial charge in [0.15, 0.2) is 0 Å². The van der Waals surface area contributed by atoms with Gasteiger partial charge in [0.25, 0.3) is 0 Å². The molecule has 4 rings (SSSR count). The third-order valence-electron chi connectivity index (χ3n) is 4.56. The van der Waals surface area contributed by atoms with E-state index in [0.717, 1.165) is 18.4 Å². The topological polar surface area (TPSA) is 44.9 Å². The first-order valence-electron chi connectivity index (χ1n) is 8.29. The second-order valence-electron chi connectivity index (χ2n) is 6.32. The number of carbonyl (C=O) groups is 1. The summed E-state index contributed by atoms with van der Waals surface area (Å²) in [5.41, 5.74) is 4.95.